The molecule has 0 radical (unpaired) electrons. The number of ether oxygens (including phenoxy) is 2. The molecule has 0 aliphatic carbocycles. The van der Waals surface area contributed by atoms with Crippen LogP contribution < -0.4 is 5.32 Å². The first-order chi connectivity index (χ1) is 13.6. The van der Waals surface area contributed by atoms with E-state index in [1.807, 2.05) is 4.90 Å². The van der Waals surface area contributed by atoms with Gasteiger partial charge in [-0.3, -0.25) is 14.5 Å². The van der Waals surface area contributed by atoms with Crippen LogP contribution in [0.25, 0.3) is 0 Å². The molecule has 2 amide bonds. The molecule has 28 heavy (non-hydrogen) atoms. The molecule has 0 saturated carbocycles. The standard InChI is InChI=1S/C21H35N3O4/c1-3-23-10-4-5-18(23)15-22-19(25)7-6-17-8-11-24(12-9-17)21(26)20-16(2)27-13-14-28-20/h17-18H,3-15H2,1-2H3,(H,22,25)/t18-/m1/s1. The van der Waals surface area contributed by atoms with Gasteiger partial charge in [0.05, 0.1) is 0 Å². The zero-order valence-electron chi connectivity index (χ0n) is 17.4. The molecule has 1 atom stereocenters. The third-order valence-electron chi connectivity index (χ3n) is 6.28. The number of nitrogens with one attached hydrogen (secondary N) is 1. The van der Waals surface area contributed by atoms with Crippen molar-refractivity contribution in [3.05, 3.63) is 11.5 Å². The number of hydrogen-bond acceptors (Lipinski definition) is 5. The Morgan fingerprint density at radius 1 is 1.11 bits per heavy atom. The lowest BCUT2D eigenvalue weighted by molar-refractivity contribution is -0.134. The Labute approximate surface area is 168 Å². The fraction of sp³-hybridized carbons (Fsp3) is 0.810. The molecule has 7 nitrogen and oxygen atoms in total. The molecule has 2 saturated heterocycles. The minimum atomic E-state index is -0.0644. The first-order valence-corrected chi connectivity index (χ1v) is 10.8. The van der Waals surface area contributed by atoms with Crippen molar-refractivity contribution in [2.45, 2.75) is 58.4 Å². The molecule has 3 aliphatic heterocycles. The molecule has 3 rings (SSSR count). The highest BCUT2D eigenvalue weighted by atomic mass is 16.6. The zero-order chi connectivity index (χ0) is 19.9. The van der Waals surface area contributed by atoms with Gasteiger partial charge >= 0.3 is 0 Å². The van der Waals surface area contributed by atoms with E-state index in [9.17, 15) is 9.59 Å². The molecule has 0 spiro atoms. The topological polar surface area (TPSA) is 71.1 Å². The van der Waals surface area contributed by atoms with Gasteiger partial charge in [-0.2, -0.15) is 0 Å². The van der Waals surface area contributed by atoms with E-state index in [2.05, 4.69) is 17.1 Å². The van der Waals surface area contributed by atoms with Crippen molar-refractivity contribution in [3.63, 3.8) is 0 Å². The smallest absolute Gasteiger partial charge is 0.292 e. The average Bonchev–Trinajstić information content (AvgIpc) is 3.18. The number of allylic oxidation sites excluding steroid dienone is 1. The molecule has 0 aromatic heterocycles. The number of likely N-dealkylation sites (tertiary alicyclic amines) is 2. The summed E-state index contributed by atoms with van der Waals surface area (Å²) in [7, 11) is 0. The number of hydrogen-bond donors (Lipinski definition) is 1. The molecule has 158 valence electrons. The van der Waals surface area contributed by atoms with E-state index in [4.69, 9.17) is 9.47 Å². The normalized spacial score (nSPS) is 24.1. The summed E-state index contributed by atoms with van der Waals surface area (Å²) in [6.45, 7) is 9.33. The molecule has 1 N–H and O–H groups in total. The van der Waals surface area contributed by atoms with E-state index in [1.54, 1.807) is 6.92 Å². The highest BCUT2D eigenvalue weighted by molar-refractivity contribution is 5.92. The third kappa shape index (κ3) is 5.40. The molecular formula is C21H35N3O4. The van der Waals surface area contributed by atoms with Crippen LogP contribution in [0, 0.1) is 5.92 Å². The average molecular weight is 394 g/mol. The molecule has 0 aromatic carbocycles. The highest BCUT2D eigenvalue weighted by Crippen LogP contribution is 2.24. The molecule has 7 heteroatoms. The van der Waals surface area contributed by atoms with Crippen molar-refractivity contribution >= 4 is 11.8 Å². The summed E-state index contributed by atoms with van der Waals surface area (Å²) in [4.78, 5) is 29.1. The maximum absolute atomic E-state index is 12.6. The summed E-state index contributed by atoms with van der Waals surface area (Å²) in [5.41, 5.74) is 0. The van der Waals surface area contributed by atoms with Crippen LogP contribution in [0.3, 0.4) is 0 Å². The fourth-order valence-electron chi connectivity index (χ4n) is 4.48. The number of piperidine rings is 1. The van der Waals surface area contributed by atoms with Crippen LogP contribution in [0.15, 0.2) is 11.5 Å². The van der Waals surface area contributed by atoms with E-state index in [-0.39, 0.29) is 11.8 Å². The Kier molecular flexibility index (Phi) is 7.59. The number of amides is 2. The summed E-state index contributed by atoms with van der Waals surface area (Å²) in [5.74, 6) is 1.54. The number of carbonyl (C=O) groups is 2. The first kappa shape index (κ1) is 21.0. The van der Waals surface area contributed by atoms with Gasteiger partial charge in [-0.15, -0.1) is 0 Å². The number of rotatable bonds is 7. The Bertz CT molecular complexity index is 584. The van der Waals surface area contributed by atoms with E-state index in [0.717, 1.165) is 52.0 Å². The predicted molar refractivity (Wildman–Crippen MR) is 106 cm³/mol. The van der Waals surface area contributed by atoms with Gasteiger partial charge in [-0.1, -0.05) is 6.92 Å². The fourth-order valence-corrected chi connectivity index (χ4v) is 4.48. The van der Waals surface area contributed by atoms with Crippen molar-refractivity contribution < 1.29 is 19.1 Å². The number of nitrogens with zero attached hydrogens (tertiary/aromatic N) is 2. The minimum absolute atomic E-state index is 0.0644. The second-order valence-electron chi connectivity index (χ2n) is 8.09. The van der Waals surface area contributed by atoms with Gasteiger partial charge in [0.25, 0.3) is 5.91 Å². The van der Waals surface area contributed by atoms with E-state index < -0.39 is 0 Å². The second-order valence-corrected chi connectivity index (χ2v) is 8.09. The summed E-state index contributed by atoms with van der Waals surface area (Å²) >= 11 is 0. The highest BCUT2D eigenvalue weighted by Gasteiger charge is 2.29. The van der Waals surface area contributed by atoms with Crippen molar-refractivity contribution in [2.24, 2.45) is 5.92 Å². The van der Waals surface area contributed by atoms with Gasteiger partial charge in [0.2, 0.25) is 11.7 Å². The van der Waals surface area contributed by atoms with Gasteiger partial charge in [0, 0.05) is 32.1 Å². The molecule has 0 unspecified atom stereocenters. The lowest BCUT2D eigenvalue weighted by atomic mass is 9.92. The van der Waals surface area contributed by atoms with E-state index in [0.29, 0.717) is 43.1 Å². The molecule has 3 heterocycles. The van der Waals surface area contributed by atoms with E-state index in [1.165, 1.54) is 12.8 Å². The quantitative estimate of drug-likeness (QED) is 0.715. The van der Waals surface area contributed by atoms with Gasteiger partial charge in [-0.25, -0.2) is 0 Å². The SMILES string of the molecule is CCN1CCC[C@@H]1CNC(=O)CCC1CCN(C(=O)C2=C(C)OCCO2)CC1. The molecule has 0 bridgehead atoms. The van der Waals surface area contributed by atoms with Crippen LogP contribution in [0.4, 0.5) is 0 Å². The van der Waals surface area contributed by atoms with Crippen molar-refractivity contribution in [2.75, 3.05) is 45.9 Å². The maximum Gasteiger partial charge on any atom is 0.292 e. The summed E-state index contributed by atoms with van der Waals surface area (Å²) in [6, 6.07) is 0.506. The van der Waals surface area contributed by atoms with Crippen LogP contribution in [0.5, 0.6) is 0 Å². The Morgan fingerprint density at radius 3 is 2.57 bits per heavy atom. The van der Waals surface area contributed by atoms with Crippen LogP contribution in [0.1, 0.15) is 52.4 Å². The van der Waals surface area contributed by atoms with Crippen LogP contribution in [-0.4, -0.2) is 73.6 Å². The Balaban J connectivity index is 1.34. The molecule has 2 fully saturated rings. The lowest BCUT2D eigenvalue weighted by Crippen LogP contribution is -2.41. The van der Waals surface area contributed by atoms with Gasteiger partial charge in [0.1, 0.15) is 19.0 Å². The summed E-state index contributed by atoms with van der Waals surface area (Å²) < 4.78 is 10.9. The number of carbonyl (C=O) groups excluding carboxylic acids is 2. The molecule has 3 aliphatic rings. The summed E-state index contributed by atoms with van der Waals surface area (Å²) in [5, 5.41) is 3.12. The first-order valence-electron chi connectivity index (χ1n) is 10.8. The van der Waals surface area contributed by atoms with Gasteiger partial charge < -0.3 is 19.7 Å². The van der Waals surface area contributed by atoms with Crippen LogP contribution in [0.2, 0.25) is 0 Å². The second kappa shape index (κ2) is 10.1. The summed E-state index contributed by atoms with van der Waals surface area (Å²) in [6.07, 6.45) is 5.79. The Morgan fingerprint density at radius 2 is 1.86 bits per heavy atom. The van der Waals surface area contributed by atoms with E-state index >= 15 is 0 Å². The lowest BCUT2D eigenvalue weighted by Gasteiger charge is -2.33. The molecule has 0 aromatic rings. The Hall–Kier alpha value is -1.76. The van der Waals surface area contributed by atoms with Crippen LogP contribution >= 0.6 is 0 Å². The number of likely N-dealkylation sites (N-methyl/N-ethyl adjacent to an activating group) is 1. The largest absolute Gasteiger partial charge is 0.491 e. The minimum Gasteiger partial charge on any atom is -0.491 e. The maximum atomic E-state index is 12.6. The zero-order valence-corrected chi connectivity index (χ0v) is 17.4. The van der Waals surface area contributed by atoms with Crippen molar-refractivity contribution in [1.82, 2.24) is 15.1 Å². The van der Waals surface area contributed by atoms with Crippen molar-refractivity contribution in [3.8, 4) is 0 Å². The predicted octanol–water partition coefficient (Wildman–Crippen LogP) is 1.88. The third-order valence-corrected chi connectivity index (χ3v) is 6.28. The molecular weight excluding hydrogens is 358 g/mol. The van der Waals surface area contributed by atoms with Crippen LogP contribution in [-0.2, 0) is 19.1 Å². The van der Waals surface area contributed by atoms with Gasteiger partial charge in [0.15, 0.2) is 0 Å². The van der Waals surface area contributed by atoms with Gasteiger partial charge in [-0.05, 0) is 58.0 Å². The van der Waals surface area contributed by atoms with Crippen molar-refractivity contribution in [1.29, 1.82) is 0 Å². The monoisotopic (exact) mass is 393 g/mol.